The summed E-state index contributed by atoms with van der Waals surface area (Å²) in [5, 5.41) is 0. The summed E-state index contributed by atoms with van der Waals surface area (Å²) >= 11 is 1.49. The van der Waals surface area contributed by atoms with Crippen LogP contribution in [0.2, 0.25) is 0 Å². The van der Waals surface area contributed by atoms with Crippen molar-refractivity contribution >= 4 is 11.8 Å². The number of hydrogen-bond donors (Lipinski definition) is 1. The van der Waals surface area contributed by atoms with Crippen LogP contribution < -0.4 is 0 Å². The molecule has 0 aliphatic heterocycles. The summed E-state index contributed by atoms with van der Waals surface area (Å²) < 4.78 is 65.8. The van der Waals surface area contributed by atoms with Crippen LogP contribution in [0.25, 0.3) is 22.5 Å². The first kappa shape index (κ1) is 17.5. The topological polar surface area (TPSA) is 28.7 Å². The van der Waals surface area contributed by atoms with Crippen LogP contribution in [0, 0.1) is 11.6 Å². The molecule has 0 amide bonds. The number of benzene rings is 2. The van der Waals surface area contributed by atoms with Gasteiger partial charge in [0.25, 0.3) is 0 Å². The lowest BCUT2D eigenvalue weighted by molar-refractivity contribution is -0.144. The number of imidazole rings is 1. The summed E-state index contributed by atoms with van der Waals surface area (Å²) in [4.78, 5) is 6.75. The molecule has 0 unspecified atom stereocenters. The highest BCUT2D eigenvalue weighted by Gasteiger charge is 2.36. The number of aromatic nitrogens is 2. The Labute approximate surface area is 144 Å². The highest BCUT2D eigenvalue weighted by atomic mass is 32.2. The van der Waals surface area contributed by atoms with E-state index in [4.69, 9.17) is 0 Å². The van der Waals surface area contributed by atoms with Crippen molar-refractivity contribution in [2.45, 2.75) is 11.1 Å². The van der Waals surface area contributed by atoms with E-state index in [1.165, 1.54) is 17.8 Å². The first-order valence-electron chi connectivity index (χ1n) is 7.06. The molecule has 0 fully saturated rings. The van der Waals surface area contributed by atoms with Crippen LogP contribution in [0.4, 0.5) is 22.0 Å². The van der Waals surface area contributed by atoms with Gasteiger partial charge in [-0.2, -0.15) is 13.2 Å². The lowest BCUT2D eigenvalue weighted by atomic mass is 10.0. The van der Waals surface area contributed by atoms with Crippen LogP contribution in [0.15, 0.2) is 47.4 Å². The number of hydrogen-bond acceptors (Lipinski definition) is 2. The fourth-order valence-corrected chi connectivity index (χ4v) is 2.73. The van der Waals surface area contributed by atoms with Crippen molar-refractivity contribution in [3.8, 4) is 22.5 Å². The predicted molar refractivity (Wildman–Crippen MR) is 86.2 cm³/mol. The highest BCUT2D eigenvalue weighted by Crippen LogP contribution is 2.36. The summed E-state index contributed by atoms with van der Waals surface area (Å²) in [5.74, 6) is -3.44. The monoisotopic (exact) mass is 370 g/mol. The minimum atomic E-state index is -4.69. The first-order valence-corrected chi connectivity index (χ1v) is 8.29. The summed E-state index contributed by atoms with van der Waals surface area (Å²) in [6, 6.07) is 9.66. The van der Waals surface area contributed by atoms with Gasteiger partial charge in [-0.1, -0.05) is 12.1 Å². The second-order valence-electron chi connectivity index (χ2n) is 5.16. The molecule has 1 heterocycles. The number of alkyl halides is 3. The highest BCUT2D eigenvalue weighted by molar-refractivity contribution is 7.98. The summed E-state index contributed by atoms with van der Waals surface area (Å²) in [6.45, 7) is 0. The van der Waals surface area contributed by atoms with Crippen molar-refractivity contribution < 1.29 is 22.0 Å². The molecule has 8 heteroatoms. The quantitative estimate of drug-likeness (QED) is 0.469. The summed E-state index contributed by atoms with van der Waals surface area (Å²) in [7, 11) is 0. The Bertz CT molecular complexity index is 900. The number of nitrogens with one attached hydrogen (secondary N) is 1. The van der Waals surface area contributed by atoms with E-state index in [9.17, 15) is 22.0 Å². The van der Waals surface area contributed by atoms with E-state index in [0.717, 1.165) is 17.0 Å². The van der Waals surface area contributed by atoms with Crippen molar-refractivity contribution in [1.29, 1.82) is 0 Å². The van der Waals surface area contributed by atoms with Gasteiger partial charge in [-0.05, 0) is 36.6 Å². The van der Waals surface area contributed by atoms with Gasteiger partial charge in [0.1, 0.15) is 0 Å². The molecule has 0 atom stereocenters. The molecule has 1 N–H and O–H groups in total. The standard InChI is InChI=1S/C17H11F5N2S/c1-25-11-5-2-9(3-6-11)14-15(24-16(23-14)17(20,21)22)10-4-7-12(18)13(19)8-10/h2-8H,1H3,(H,23,24). The number of H-pyrrole nitrogens is 1. The molecule has 0 saturated heterocycles. The summed E-state index contributed by atoms with van der Waals surface area (Å²) in [5.41, 5.74) is 0.504. The Morgan fingerprint density at radius 1 is 0.920 bits per heavy atom. The zero-order valence-corrected chi connectivity index (χ0v) is 13.6. The Kier molecular flexibility index (Phi) is 4.55. The van der Waals surface area contributed by atoms with Crippen LogP contribution in [-0.4, -0.2) is 16.2 Å². The number of rotatable bonds is 3. The maximum atomic E-state index is 13.5. The average molecular weight is 370 g/mol. The van der Waals surface area contributed by atoms with E-state index in [1.54, 1.807) is 24.3 Å². The third kappa shape index (κ3) is 3.53. The lowest BCUT2D eigenvalue weighted by Crippen LogP contribution is -2.07. The van der Waals surface area contributed by atoms with E-state index < -0.39 is 23.6 Å². The van der Waals surface area contributed by atoms with Gasteiger partial charge in [0.2, 0.25) is 5.82 Å². The van der Waals surface area contributed by atoms with Gasteiger partial charge < -0.3 is 4.98 Å². The van der Waals surface area contributed by atoms with Gasteiger partial charge in [0.05, 0.1) is 11.4 Å². The van der Waals surface area contributed by atoms with Gasteiger partial charge in [-0.25, -0.2) is 13.8 Å². The Balaban J connectivity index is 2.18. The smallest absolute Gasteiger partial charge is 0.334 e. The third-order valence-electron chi connectivity index (χ3n) is 3.54. The Hall–Kier alpha value is -2.35. The Morgan fingerprint density at radius 2 is 1.56 bits per heavy atom. The molecule has 3 rings (SSSR count). The molecule has 1 aromatic heterocycles. The maximum absolute atomic E-state index is 13.5. The van der Waals surface area contributed by atoms with E-state index >= 15 is 0 Å². The molecule has 3 aromatic rings. The SMILES string of the molecule is CSc1ccc(-c2[nH]c(C(F)(F)F)nc2-c2ccc(F)c(F)c2)cc1. The molecule has 0 aliphatic carbocycles. The molecule has 0 aliphatic rings. The summed E-state index contributed by atoms with van der Waals surface area (Å²) in [6.07, 6.45) is -2.82. The van der Waals surface area contributed by atoms with Crippen LogP contribution in [0.5, 0.6) is 0 Å². The minimum absolute atomic E-state index is 0.0505. The van der Waals surface area contributed by atoms with Crippen molar-refractivity contribution in [3.63, 3.8) is 0 Å². The molecule has 25 heavy (non-hydrogen) atoms. The number of thioether (sulfide) groups is 1. The fourth-order valence-electron chi connectivity index (χ4n) is 2.33. The molecule has 0 saturated carbocycles. The number of nitrogens with zero attached hydrogens (tertiary/aromatic N) is 1. The second-order valence-corrected chi connectivity index (χ2v) is 6.04. The van der Waals surface area contributed by atoms with Crippen molar-refractivity contribution in [1.82, 2.24) is 9.97 Å². The second kappa shape index (κ2) is 6.51. The zero-order valence-electron chi connectivity index (χ0n) is 12.8. The van der Waals surface area contributed by atoms with Gasteiger partial charge in [-0.3, -0.25) is 0 Å². The van der Waals surface area contributed by atoms with Crippen LogP contribution >= 0.6 is 11.8 Å². The molecular weight excluding hydrogens is 359 g/mol. The zero-order chi connectivity index (χ0) is 18.2. The normalized spacial score (nSPS) is 11.8. The molecule has 0 spiro atoms. The van der Waals surface area contributed by atoms with Gasteiger partial charge in [-0.15, -0.1) is 11.8 Å². The van der Waals surface area contributed by atoms with Crippen LogP contribution in [0.1, 0.15) is 5.82 Å². The van der Waals surface area contributed by atoms with Gasteiger partial charge >= 0.3 is 6.18 Å². The average Bonchev–Trinajstić information content (AvgIpc) is 3.03. The predicted octanol–water partition coefficient (Wildman–Crippen LogP) is 5.76. The van der Waals surface area contributed by atoms with Crippen LogP contribution in [-0.2, 0) is 6.18 Å². The van der Waals surface area contributed by atoms with E-state index in [0.29, 0.717) is 5.56 Å². The minimum Gasteiger partial charge on any atom is -0.334 e. The van der Waals surface area contributed by atoms with Crippen molar-refractivity contribution in [2.75, 3.05) is 6.26 Å². The molecule has 0 bridgehead atoms. The largest absolute Gasteiger partial charge is 0.449 e. The molecule has 0 radical (unpaired) electrons. The Morgan fingerprint density at radius 3 is 2.12 bits per heavy atom. The number of aromatic amines is 1. The molecule has 2 aromatic carbocycles. The van der Waals surface area contributed by atoms with Crippen molar-refractivity contribution in [2.24, 2.45) is 0 Å². The van der Waals surface area contributed by atoms with Crippen LogP contribution in [0.3, 0.4) is 0 Å². The molecule has 130 valence electrons. The first-order chi connectivity index (χ1) is 11.8. The molecular formula is C17H11F5N2S. The van der Waals surface area contributed by atoms with E-state index in [-0.39, 0.29) is 17.0 Å². The van der Waals surface area contributed by atoms with E-state index in [2.05, 4.69) is 9.97 Å². The van der Waals surface area contributed by atoms with Crippen molar-refractivity contribution in [3.05, 3.63) is 59.9 Å². The van der Waals surface area contributed by atoms with E-state index in [1.807, 2.05) is 6.26 Å². The fraction of sp³-hybridized carbons (Fsp3) is 0.118. The van der Waals surface area contributed by atoms with Gasteiger partial charge in [0, 0.05) is 16.0 Å². The maximum Gasteiger partial charge on any atom is 0.449 e. The number of halogens is 5. The molecule has 2 nitrogen and oxygen atoms in total. The van der Waals surface area contributed by atoms with Gasteiger partial charge in [0.15, 0.2) is 11.6 Å². The third-order valence-corrected chi connectivity index (χ3v) is 4.29. The lowest BCUT2D eigenvalue weighted by Gasteiger charge is -2.05.